The summed E-state index contributed by atoms with van der Waals surface area (Å²) in [7, 11) is -1.69. The largest absolute Gasteiger partial charge is 0.304 e. The number of halogens is 1. The Morgan fingerprint density at radius 3 is 2.81 bits per heavy atom. The smallest absolute Gasteiger partial charge is 0.242 e. The third-order valence-electron chi connectivity index (χ3n) is 3.88. The molecule has 1 heterocycles. The number of benzene rings is 1. The van der Waals surface area contributed by atoms with Crippen LogP contribution in [0.1, 0.15) is 25.3 Å². The van der Waals surface area contributed by atoms with E-state index in [1.807, 2.05) is 13.1 Å². The van der Waals surface area contributed by atoms with Crippen LogP contribution >= 0.6 is 11.6 Å². The number of piperidine rings is 1. The molecular formula is C14H18ClN3O2S. The monoisotopic (exact) mass is 327 g/mol. The molecule has 1 N–H and O–H groups in total. The second-order valence-corrected chi connectivity index (χ2v) is 7.52. The zero-order valence-corrected chi connectivity index (χ0v) is 13.6. The molecule has 2 unspecified atom stereocenters. The number of likely N-dealkylation sites (tertiary alicyclic amines) is 1. The Kier molecular flexibility index (Phi) is 4.89. The molecule has 114 valence electrons. The Bertz CT molecular complexity index is 669. The fraction of sp³-hybridized carbons (Fsp3) is 0.500. The highest BCUT2D eigenvalue weighted by Crippen LogP contribution is 2.24. The van der Waals surface area contributed by atoms with Gasteiger partial charge in [-0.05, 0) is 51.6 Å². The van der Waals surface area contributed by atoms with Crippen LogP contribution in [0.2, 0.25) is 5.02 Å². The molecule has 2 rings (SSSR count). The molecule has 0 aliphatic carbocycles. The third kappa shape index (κ3) is 3.74. The van der Waals surface area contributed by atoms with Gasteiger partial charge in [0.1, 0.15) is 4.90 Å². The van der Waals surface area contributed by atoms with Crippen molar-refractivity contribution in [1.29, 1.82) is 5.26 Å². The summed E-state index contributed by atoms with van der Waals surface area (Å²) < 4.78 is 27.6. The summed E-state index contributed by atoms with van der Waals surface area (Å²) in [5.74, 6) is 0. The normalized spacial score (nSPS) is 23.7. The molecule has 0 saturated carbocycles. The molecule has 0 aromatic heterocycles. The van der Waals surface area contributed by atoms with E-state index < -0.39 is 10.0 Å². The van der Waals surface area contributed by atoms with Gasteiger partial charge in [0, 0.05) is 12.1 Å². The van der Waals surface area contributed by atoms with E-state index in [9.17, 15) is 8.42 Å². The number of sulfonamides is 1. The van der Waals surface area contributed by atoms with Crippen LogP contribution in [0.4, 0.5) is 0 Å². The topological polar surface area (TPSA) is 73.2 Å². The molecule has 0 bridgehead atoms. The van der Waals surface area contributed by atoms with Gasteiger partial charge in [-0.2, -0.15) is 5.26 Å². The van der Waals surface area contributed by atoms with Crippen LogP contribution in [0.15, 0.2) is 23.1 Å². The van der Waals surface area contributed by atoms with Crippen LogP contribution in [0.25, 0.3) is 0 Å². The summed E-state index contributed by atoms with van der Waals surface area (Å²) in [6.45, 7) is 2.92. The molecular weight excluding hydrogens is 310 g/mol. The van der Waals surface area contributed by atoms with Crippen LogP contribution in [-0.2, 0) is 10.0 Å². The van der Waals surface area contributed by atoms with E-state index in [-0.39, 0.29) is 21.5 Å². The maximum Gasteiger partial charge on any atom is 0.242 e. The maximum atomic E-state index is 12.5. The van der Waals surface area contributed by atoms with E-state index in [1.54, 1.807) is 0 Å². The molecule has 7 heteroatoms. The van der Waals surface area contributed by atoms with E-state index in [1.165, 1.54) is 18.2 Å². The summed E-state index contributed by atoms with van der Waals surface area (Å²) >= 11 is 5.97. The van der Waals surface area contributed by atoms with E-state index in [2.05, 4.69) is 16.5 Å². The maximum absolute atomic E-state index is 12.5. The second-order valence-electron chi connectivity index (χ2n) is 5.43. The van der Waals surface area contributed by atoms with Gasteiger partial charge < -0.3 is 4.90 Å². The summed E-state index contributed by atoms with van der Waals surface area (Å²) in [6.07, 6.45) is 1.51. The molecule has 1 aliphatic rings. The molecule has 5 nitrogen and oxygen atoms in total. The highest BCUT2D eigenvalue weighted by molar-refractivity contribution is 7.89. The minimum absolute atomic E-state index is 0.0326. The first-order valence-electron chi connectivity index (χ1n) is 6.75. The summed E-state index contributed by atoms with van der Waals surface area (Å²) in [5, 5.41) is 9.02. The Morgan fingerprint density at radius 1 is 1.48 bits per heavy atom. The lowest BCUT2D eigenvalue weighted by Gasteiger charge is -2.35. The first-order chi connectivity index (χ1) is 9.83. The fourth-order valence-corrected chi connectivity index (χ4v) is 4.27. The molecule has 1 aromatic carbocycles. The second kappa shape index (κ2) is 6.32. The minimum Gasteiger partial charge on any atom is -0.304 e. The van der Waals surface area contributed by atoms with E-state index in [4.69, 9.17) is 16.9 Å². The highest BCUT2D eigenvalue weighted by Gasteiger charge is 2.28. The first-order valence-corrected chi connectivity index (χ1v) is 8.62. The van der Waals surface area contributed by atoms with Gasteiger partial charge in [-0.15, -0.1) is 0 Å². The summed E-state index contributed by atoms with van der Waals surface area (Å²) in [6, 6.07) is 6.39. The van der Waals surface area contributed by atoms with Crippen LogP contribution in [0.5, 0.6) is 0 Å². The Labute approximate surface area is 130 Å². The van der Waals surface area contributed by atoms with Gasteiger partial charge in [0.2, 0.25) is 10.0 Å². The molecule has 0 radical (unpaired) electrons. The van der Waals surface area contributed by atoms with Crippen molar-refractivity contribution in [3.05, 3.63) is 28.8 Å². The highest BCUT2D eigenvalue weighted by atomic mass is 35.5. The zero-order chi connectivity index (χ0) is 15.6. The van der Waals surface area contributed by atoms with Crippen molar-refractivity contribution in [1.82, 2.24) is 9.62 Å². The fourth-order valence-electron chi connectivity index (χ4n) is 2.46. The van der Waals surface area contributed by atoms with Crippen molar-refractivity contribution in [3.8, 4) is 6.07 Å². The van der Waals surface area contributed by atoms with Crippen molar-refractivity contribution < 1.29 is 8.42 Å². The number of hydrogen-bond acceptors (Lipinski definition) is 4. The Morgan fingerprint density at radius 2 is 2.19 bits per heavy atom. The first kappa shape index (κ1) is 16.2. The lowest BCUT2D eigenvalue weighted by molar-refractivity contribution is 0.178. The average molecular weight is 328 g/mol. The molecule has 1 aliphatic heterocycles. The molecule has 1 aromatic rings. The van der Waals surface area contributed by atoms with Gasteiger partial charge in [-0.25, -0.2) is 13.1 Å². The van der Waals surface area contributed by atoms with Gasteiger partial charge in [-0.3, -0.25) is 0 Å². The van der Waals surface area contributed by atoms with E-state index >= 15 is 0 Å². The van der Waals surface area contributed by atoms with Gasteiger partial charge in [0.05, 0.1) is 16.7 Å². The van der Waals surface area contributed by atoms with Crippen molar-refractivity contribution in [3.63, 3.8) is 0 Å². The molecule has 0 spiro atoms. The van der Waals surface area contributed by atoms with Crippen molar-refractivity contribution in [2.24, 2.45) is 0 Å². The SMILES string of the molecule is CC1CC(NS(=O)(=O)c2cc(C#N)ccc2Cl)CCN1C. The van der Waals surface area contributed by atoms with Crippen molar-refractivity contribution >= 4 is 21.6 Å². The number of nitrogens with one attached hydrogen (secondary N) is 1. The quantitative estimate of drug-likeness (QED) is 0.921. The van der Waals surface area contributed by atoms with Crippen molar-refractivity contribution in [2.75, 3.05) is 13.6 Å². The number of nitrogens with zero attached hydrogens (tertiary/aromatic N) is 2. The molecule has 0 amide bonds. The van der Waals surface area contributed by atoms with Crippen molar-refractivity contribution in [2.45, 2.75) is 36.7 Å². The number of nitriles is 1. The molecule has 21 heavy (non-hydrogen) atoms. The van der Waals surface area contributed by atoms with Crippen LogP contribution in [0.3, 0.4) is 0 Å². The van der Waals surface area contributed by atoms with Gasteiger partial charge >= 0.3 is 0 Å². The third-order valence-corrected chi connectivity index (χ3v) is 5.88. The van der Waals surface area contributed by atoms with Crippen LogP contribution in [0, 0.1) is 11.3 Å². The van der Waals surface area contributed by atoms with E-state index in [0.717, 1.165) is 19.4 Å². The molecule has 1 fully saturated rings. The molecule has 2 atom stereocenters. The predicted molar refractivity (Wildman–Crippen MR) is 81.6 cm³/mol. The zero-order valence-electron chi connectivity index (χ0n) is 12.0. The Balaban J connectivity index is 2.21. The average Bonchev–Trinajstić information content (AvgIpc) is 2.43. The van der Waals surface area contributed by atoms with Gasteiger partial charge in [0.25, 0.3) is 0 Å². The van der Waals surface area contributed by atoms with Gasteiger partial charge in [-0.1, -0.05) is 11.6 Å². The lowest BCUT2D eigenvalue weighted by atomic mass is 10.0. The van der Waals surface area contributed by atoms with Crippen LogP contribution in [-0.4, -0.2) is 39.0 Å². The standard InChI is InChI=1S/C14H18ClN3O2S/c1-10-7-12(5-6-18(10)2)17-21(19,20)14-8-11(9-16)3-4-13(14)15/h3-4,8,10,12,17H,5-7H2,1-2H3. The number of hydrogen-bond donors (Lipinski definition) is 1. The molecule has 1 saturated heterocycles. The van der Waals surface area contributed by atoms with Crippen LogP contribution < -0.4 is 4.72 Å². The lowest BCUT2D eigenvalue weighted by Crippen LogP contribution is -2.47. The summed E-state index contributed by atoms with van der Waals surface area (Å²) in [5.41, 5.74) is 0.275. The van der Waals surface area contributed by atoms with E-state index in [0.29, 0.717) is 6.04 Å². The Hall–Kier alpha value is -1.13. The minimum atomic E-state index is -3.72. The summed E-state index contributed by atoms with van der Waals surface area (Å²) in [4.78, 5) is 2.17. The predicted octanol–water partition coefficient (Wildman–Crippen LogP) is 1.97. The number of rotatable bonds is 3. The van der Waals surface area contributed by atoms with Gasteiger partial charge in [0.15, 0.2) is 0 Å².